The van der Waals surface area contributed by atoms with Crippen molar-refractivity contribution in [1.29, 1.82) is 0 Å². The molecule has 0 spiro atoms. The second-order valence-corrected chi connectivity index (χ2v) is 19.4. The van der Waals surface area contributed by atoms with Crippen LogP contribution in [0.4, 0.5) is 0 Å². The first-order chi connectivity index (χ1) is 32.5. The van der Waals surface area contributed by atoms with E-state index in [0.717, 1.165) is 70.6 Å². The van der Waals surface area contributed by atoms with E-state index >= 15 is 0 Å². The highest BCUT2D eigenvalue weighted by Gasteiger charge is 2.24. The lowest BCUT2D eigenvalue weighted by molar-refractivity contribution is -0.151. The number of hydrogen-bond acceptors (Lipinski definition) is 5. The number of allylic oxidation sites excluding steroid dienone is 10. The summed E-state index contributed by atoms with van der Waals surface area (Å²) in [4.78, 5) is 26.2. The van der Waals surface area contributed by atoms with Crippen LogP contribution in [0.5, 0.6) is 0 Å². The highest BCUT2D eigenvalue weighted by Crippen LogP contribution is 2.18. The second-order valence-electron chi connectivity index (χ2n) is 19.4. The van der Waals surface area contributed by atoms with Crippen molar-refractivity contribution in [3.8, 4) is 0 Å². The minimum atomic E-state index is -0.801. The lowest BCUT2D eigenvalue weighted by atomic mass is 10.0. The molecule has 0 heterocycles. The van der Waals surface area contributed by atoms with Crippen LogP contribution < -0.4 is 5.32 Å². The van der Waals surface area contributed by atoms with Gasteiger partial charge in [0.25, 0.3) is 0 Å². The third-order valence-corrected chi connectivity index (χ3v) is 12.9. The van der Waals surface area contributed by atoms with Crippen LogP contribution in [0.2, 0.25) is 0 Å². The number of amides is 1. The van der Waals surface area contributed by atoms with Crippen molar-refractivity contribution in [3.63, 3.8) is 0 Å². The van der Waals surface area contributed by atoms with Gasteiger partial charge in [-0.05, 0) is 77.0 Å². The molecule has 1 amide bonds. The highest BCUT2D eigenvalue weighted by atomic mass is 16.5. The van der Waals surface area contributed by atoms with E-state index in [1.54, 1.807) is 0 Å². The molecular weight excluding hydrogens is 815 g/mol. The van der Waals surface area contributed by atoms with Gasteiger partial charge in [-0.3, -0.25) is 9.59 Å². The maximum atomic E-state index is 13.3. The molecule has 384 valence electrons. The first-order valence-corrected chi connectivity index (χ1v) is 28.6. The average molecular weight is 925 g/mol. The number of nitrogens with one attached hydrogen (secondary N) is 1. The maximum Gasteiger partial charge on any atom is 0.306 e. The van der Waals surface area contributed by atoms with Gasteiger partial charge in [0.2, 0.25) is 5.91 Å². The molecule has 0 aromatic heterocycles. The summed E-state index contributed by atoms with van der Waals surface area (Å²) in [6.07, 6.45) is 67.1. The van der Waals surface area contributed by atoms with Crippen molar-refractivity contribution < 1.29 is 24.5 Å². The Labute approximate surface area is 409 Å². The summed E-state index contributed by atoms with van der Waals surface area (Å²) in [6, 6.07) is -0.717. The largest absolute Gasteiger partial charge is 0.462 e. The Hall–Kier alpha value is -2.44. The Morgan fingerprint density at radius 3 is 1.27 bits per heavy atom. The lowest BCUT2D eigenvalue weighted by Gasteiger charge is -2.24. The standard InChI is InChI=1S/C60H109NO5/c1-4-7-10-13-16-19-22-25-28-31-33-36-39-42-45-48-51-56(66-60(65)53-50-47-44-41-38-35-30-27-24-21-18-15-12-9-6-3)54-59(64)61-57(55-62)58(63)52-49-46-43-40-37-34-32-29-26-23-20-17-14-11-8-5-2/h16,19,21-22,24-25,28,31,33,36,56-58,62-63H,4-15,17-18,20,23,26-27,29-30,32,34-35,37-55H2,1-3H3,(H,61,64)/b19-16+,24-21-,25-22+,31-28+,36-33+. The summed E-state index contributed by atoms with van der Waals surface area (Å²) in [6.45, 7) is 6.44. The summed E-state index contributed by atoms with van der Waals surface area (Å²) >= 11 is 0. The fraction of sp³-hybridized carbons (Fsp3) is 0.800. The van der Waals surface area contributed by atoms with Crippen LogP contribution in [0.25, 0.3) is 0 Å². The maximum absolute atomic E-state index is 13.3. The normalized spacial score (nSPS) is 13.6. The van der Waals surface area contributed by atoms with E-state index in [1.807, 2.05) is 0 Å². The molecule has 0 saturated heterocycles. The number of esters is 1. The number of carbonyl (C=O) groups is 2. The second kappa shape index (κ2) is 53.5. The van der Waals surface area contributed by atoms with E-state index in [-0.39, 0.29) is 24.9 Å². The van der Waals surface area contributed by atoms with Gasteiger partial charge in [0.15, 0.2) is 0 Å². The predicted molar refractivity (Wildman–Crippen MR) is 287 cm³/mol. The van der Waals surface area contributed by atoms with Crippen molar-refractivity contribution in [1.82, 2.24) is 5.32 Å². The first-order valence-electron chi connectivity index (χ1n) is 28.6. The van der Waals surface area contributed by atoms with Gasteiger partial charge < -0.3 is 20.3 Å². The van der Waals surface area contributed by atoms with Crippen molar-refractivity contribution in [2.24, 2.45) is 0 Å². The van der Waals surface area contributed by atoms with Crippen LogP contribution >= 0.6 is 0 Å². The van der Waals surface area contributed by atoms with Crippen molar-refractivity contribution >= 4 is 11.9 Å². The van der Waals surface area contributed by atoms with Gasteiger partial charge in [-0.15, -0.1) is 0 Å². The van der Waals surface area contributed by atoms with Gasteiger partial charge in [-0.2, -0.15) is 0 Å². The van der Waals surface area contributed by atoms with Crippen LogP contribution in [0.15, 0.2) is 60.8 Å². The molecule has 0 aliphatic carbocycles. The number of unbranched alkanes of at least 4 members (excludes halogenated alkanes) is 32. The van der Waals surface area contributed by atoms with Gasteiger partial charge in [0.05, 0.1) is 25.2 Å². The van der Waals surface area contributed by atoms with Gasteiger partial charge in [0.1, 0.15) is 6.10 Å². The zero-order valence-corrected chi connectivity index (χ0v) is 43.8. The summed E-state index contributed by atoms with van der Waals surface area (Å²) < 4.78 is 5.94. The summed E-state index contributed by atoms with van der Waals surface area (Å²) in [5.74, 6) is -0.511. The molecule has 0 fully saturated rings. The molecule has 66 heavy (non-hydrogen) atoms. The van der Waals surface area contributed by atoms with E-state index in [2.05, 4.69) is 86.8 Å². The number of carbonyl (C=O) groups excluding carboxylic acids is 2. The van der Waals surface area contributed by atoms with Crippen LogP contribution in [0, 0.1) is 0 Å². The fourth-order valence-corrected chi connectivity index (χ4v) is 8.56. The Morgan fingerprint density at radius 2 is 0.788 bits per heavy atom. The number of ether oxygens (including phenoxy) is 1. The molecule has 0 aliphatic heterocycles. The quantitative estimate of drug-likeness (QED) is 0.0244. The minimum absolute atomic E-state index is 0.0498. The molecule has 3 unspecified atom stereocenters. The molecule has 0 aromatic rings. The highest BCUT2D eigenvalue weighted by molar-refractivity contribution is 5.77. The zero-order valence-electron chi connectivity index (χ0n) is 43.8. The number of hydrogen-bond donors (Lipinski definition) is 3. The number of aliphatic hydroxyl groups excluding tert-OH is 2. The predicted octanol–water partition coefficient (Wildman–Crippen LogP) is 17.6. The van der Waals surface area contributed by atoms with E-state index in [0.29, 0.717) is 19.3 Å². The Bertz CT molecular complexity index is 1170. The van der Waals surface area contributed by atoms with E-state index in [1.165, 1.54) is 167 Å². The van der Waals surface area contributed by atoms with E-state index in [4.69, 9.17) is 4.74 Å². The molecule has 0 radical (unpaired) electrons. The average Bonchev–Trinajstić information content (AvgIpc) is 3.31. The van der Waals surface area contributed by atoms with Gasteiger partial charge >= 0.3 is 5.97 Å². The summed E-state index contributed by atoms with van der Waals surface area (Å²) in [5, 5.41) is 23.9. The third-order valence-electron chi connectivity index (χ3n) is 12.9. The third kappa shape index (κ3) is 48.0. The smallest absolute Gasteiger partial charge is 0.306 e. The van der Waals surface area contributed by atoms with Crippen LogP contribution in [0.1, 0.15) is 284 Å². The van der Waals surface area contributed by atoms with Crippen molar-refractivity contribution in [2.45, 2.75) is 302 Å². The molecular formula is C60H109NO5. The monoisotopic (exact) mass is 924 g/mol. The molecule has 0 aliphatic rings. The van der Waals surface area contributed by atoms with Gasteiger partial charge in [-0.1, -0.05) is 255 Å². The van der Waals surface area contributed by atoms with Crippen LogP contribution in [-0.2, 0) is 14.3 Å². The van der Waals surface area contributed by atoms with Crippen LogP contribution in [-0.4, -0.2) is 46.9 Å². The SMILES string of the molecule is CCCCC/C=C/C=C/C=C/C=C/CCCCCC(CC(=O)NC(CO)C(O)CCCCCCCCCCCCCCCCCC)OC(=O)CCCCCCCCC/C=C\CCCCCC. The molecule has 0 saturated carbocycles. The fourth-order valence-electron chi connectivity index (χ4n) is 8.56. The van der Waals surface area contributed by atoms with Gasteiger partial charge in [-0.25, -0.2) is 0 Å². The summed E-state index contributed by atoms with van der Waals surface area (Å²) in [7, 11) is 0. The Balaban J connectivity index is 4.63. The van der Waals surface area contributed by atoms with E-state index in [9.17, 15) is 19.8 Å². The molecule has 3 N–H and O–H groups in total. The first kappa shape index (κ1) is 63.6. The Kier molecular flexibility index (Phi) is 51.5. The molecule has 0 bridgehead atoms. The molecule has 6 nitrogen and oxygen atoms in total. The molecule has 3 atom stereocenters. The minimum Gasteiger partial charge on any atom is -0.462 e. The van der Waals surface area contributed by atoms with Crippen LogP contribution in [0.3, 0.4) is 0 Å². The Morgan fingerprint density at radius 1 is 0.439 bits per heavy atom. The number of rotatable bonds is 51. The number of aliphatic hydroxyl groups is 2. The topological polar surface area (TPSA) is 95.9 Å². The van der Waals surface area contributed by atoms with Crippen molar-refractivity contribution in [2.75, 3.05) is 6.61 Å². The molecule has 0 rings (SSSR count). The zero-order chi connectivity index (χ0) is 48.1. The summed E-state index contributed by atoms with van der Waals surface area (Å²) in [5.41, 5.74) is 0. The molecule has 0 aromatic carbocycles. The van der Waals surface area contributed by atoms with Gasteiger partial charge in [0, 0.05) is 6.42 Å². The van der Waals surface area contributed by atoms with E-state index < -0.39 is 18.2 Å². The lowest BCUT2D eigenvalue weighted by Crippen LogP contribution is -2.46. The molecule has 6 heteroatoms. The van der Waals surface area contributed by atoms with Crippen molar-refractivity contribution in [3.05, 3.63) is 60.8 Å².